The molecule has 8 nitrogen and oxygen atoms in total. The zero-order chi connectivity index (χ0) is 24.8. The summed E-state index contributed by atoms with van der Waals surface area (Å²) < 4.78 is 5.35. The zero-order valence-electron chi connectivity index (χ0n) is 20.9. The highest BCUT2D eigenvalue weighted by Crippen LogP contribution is 2.30. The molecule has 1 atom stereocenters. The Balaban J connectivity index is 1.40. The largest absolute Gasteiger partial charge is 0.496 e. The van der Waals surface area contributed by atoms with E-state index >= 15 is 0 Å². The maximum Gasteiger partial charge on any atom is 0.255 e. The van der Waals surface area contributed by atoms with Gasteiger partial charge in [0.05, 0.1) is 29.4 Å². The van der Waals surface area contributed by atoms with Crippen LogP contribution in [0.1, 0.15) is 61.7 Å². The molecule has 0 aliphatic carbocycles. The summed E-state index contributed by atoms with van der Waals surface area (Å²) in [5.41, 5.74) is 6.63. The summed E-state index contributed by atoms with van der Waals surface area (Å²) >= 11 is 6.15. The van der Waals surface area contributed by atoms with Gasteiger partial charge < -0.3 is 26.0 Å². The maximum atomic E-state index is 13.8. The van der Waals surface area contributed by atoms with Crippen LogP contribution in [0.3, 0.4) is 0 Å². The molecule has 194 valence electrons. The van der Waals surface area contributed by atoms with E-state index in [0.717, 1.165) is 77.8 Å². The molecule has 1 aromatic rings. The number of nitrogens with two attached hydrogens (primary N) is 1. The van der Waals surface area contributed by atoms with Gasteiger partial charge >= 0.3 is 0 Å². The van der Waals surface area contributed by atoms with Crippen molar-refractivity contribution in [2.75, 3.05) is 52.1 Å². The first-order chi connectivity index (χ1) is 17.0. The number of nitrogen functional groups attached to an aromatic ring is 1. The second-order valence-corrected chi connectivity index (χ2v) is 10.5. The average molecular weight is 506 g/mol. The van der Waals surface area contributed by atoms with Crippen LogP contribution in [0.15, 0.2) is 12.1 Å². The molecule has 3 heterocycles. The number of nitrogens with one attached hydrogen (secondary N) is 2. The van der Waals surface area contributed by atoms with Gasteiger partial charge in [-0.15, -0.1) is 0 Å². The number of anilines is 1. The van der Waals surface area contributed by atoms with Crippen LogP contribution < -0.4 is 21.1 Å². The number of halogens is 1. The summed E-state index contributed by atoms with van der Waals surface area (Å²) in [6.45, 7) is 5.34. The average Bonchev–Trinajstić information content (AvgIpc) is 3.17. The Hall–Kier alpha value is -2.03. The smallest absolute Gasteiger partial charge is 0.255 e. The number of rotatable bonds is 6. The quantitative estimate of drug-likeness (QED) is 0.514. The molecular weight excluding hydrogens is 466 g/mol. The third kappa shape index (κ3) is 6.40. The molecule has 0 spiro atoms. The van der Waals surface area contributed by atoms with Gasteiger partial charge in [-0.2, -0.15) is 0 Å². The van der Waals surface area contributed by atoms with Crippen molar-refractivity contribution in [3.05, 3.63) is 22.7 Å². The lowest BCUT2D eigenvalue weighted by molar-refractivity contribution is -0.140. The van der Waals surface area contributed by atoms with Gasteiger partial charge in [-0.25, -0.2) is 0 Å². The summed E-state index contributed by atoms with van der Waals surface area (Å²) in [4.78, 5) is 31.3. The van der Waals surface area contributed by atoms with Gasteiger partial charge in [-0.05, 0) is 63.6 Å². The molecule has 1 aromatic carbocycles. The van der Waals surface area contributed by atoms with Gasteiger partial charge in [0.1, 0.15) is 5.75 Å². The van der Waals surface area contributed by atoms with E-state index in [1.165, 1.54) is 20.0 Å². The fourth-order valence-corrected chi connectivity index (χ4v) is 5.96. The van der Waals surface area contributed by atoms with Gasteiger partial charge in [0.2, 0.25) is 5.91 Å². The van der Waals surface area contributed by atoms with E-state index in [1.807, 2.05) is 0 Å². The summed E-state index contributed by atoms with van der Waals surface area (Å²) in [5.74, 6) is 0.912. The molecular formula is C26H40ClN5O3. The highest BCUT2D eigenvalue weighted by Gasteiger charge is 2.38. The first-order valence-electron chi connectivity index (χ1n) is 13.2. The third-order valence-corrected chi connectivity index (χ3v) is 8.15. The van der Waals surface area contributed by atoms with Crippen molar-refractivity contribution in [2.45, 2.75) is 63.5 Å². The topological polar surface area (TPSA) is 99.9 Å². The molecule has 0 radical (unpaired) electrons. The standard InChI is InChI=1S/C26H40ClN5O3/c1-35-23-17-22(28)21(27)16-20(23)25(33)30-19-8-14-31(15-9-19)24(18-6-10-29-11-7-18)26(34)32-12-4-2-3-5-13-32/h16-19,24,29H,2-15,28H2,1H3,(H,30,33). The Bertz CT molecular complexity index is 876. The van der Waals surface area contributed by atoms with E-state index in [-0.39, 0.29) is 18.0 Å². The van der Waals surface area contributed by atoms with Crippen LogP contribution in [0.2, 0.25) is 5.02 Å². The first kappa shape index (κ1) is 26.0. The van der Waals surface area contributed by atoms with E-state index in [4.69, 9.17) is 22.1 Å². The van der Waals surface area contributed by atoms with Crippen molar-refractivity contribution >= 4 is 29.1 Å². The molecule has 9 heteroatoms. The molecule has 0 aromatic heterocycles. The van der Waals surface area contributed by atoms with Crippen molar-refractivity contribution in [3.8, 4) is 5.75 Å². The Labute approximate surface area is 213 Å². The number of carbonyl (C=O) groups excluding carboxylic acids is 2. The van der Waals surface area contributed by atoms with Crippen LogP contribution in [0.5, 0.6) is 5.75 Å². The second kappa shape index (κ2) is 12.3. The summed E-state index contributed by atoms with van der Waals surface area (Å²) in [6.07, 6.45) is 8.36. The number of hydrogen-bond donors (Lipinski definition) is 3. The molecule has 3 aliphatic rings. The third-order valence-electron chi connectivity index (χ3n) is 7.82. The van der Waals surface area contributed by atoms with Gasteiger partial charge in [0.15, 0.2) is 0 Å². The number of nitrogens with zero attached hydrogens (tertiary/aromatic N) is 2. The number of piperidine rings is 2. The van der Waals surface area contributed by atoms with E-state index in [2.05, 4.69) is 20.4 Å². The number of amides is 2. The van der Waals surface area contributed by atoms with Crippen LogP contribution in [0.4, 0.5) is 5.69 Å². The minimum Gasteiger partial charge on any atom is -0.496 e. The summed E-state index contributed by atoms with van der Waals surface area (Å²) in [5, 5.41) is 6.93. The number of carbonyl (C=O) groups is 2. The zero-order valence-corrected chi connectivity index (χ0v) is 21.6. The Morgan fingerprint density at radius 3 is 2.34 bits per heavy atom. The first-order valence-corrected chi connectivity index (χ1v) is 13.5. The Kier molecular flexibility index (Phi) is 9.14. The van der Waals surface area contributed by atoms with Crippen LogP contribution in [0, 0.1) is 5.92 Å². The number of ether oxygens (including phenoxy) is 1. The lowest BCUT2D eigenvalue weighted by Crippen LogP contribution is -2.57. The van der Waals surface area contributed by atoms with E-state index in [0.29, 0.717) is 33.8 Å². The minimum atomic E-state index is -0.210. The molecule has 1 unspecified atom stereocenters. The van der Waals surface area contributed by atoms with Crippen molar-refractivity contribution in [2.24, 2.45) is 5.92 Å². The van der Waals surface area contributed by atoms with Crippen molar-refractivity contribution in [1.29, 1.82) is 0 Å². The van der Waals surface area contributed by atoms with Gasteiger partial charge in [0.25, 0.3) is 5.91 Å². The van der Waals surface area contributed by atoms with Crippen molar-refractivity contribution in [1.82, 2.24) is 20.4 Å². The van der Waals surface area contributed by atoms with Crippen LogP contribution in [-0.4, -0.2) is 80.1 Å². The number of hydrogen-bond acceptors (Lipinski definition) is 6. The van der Waals surface area contributed by atoms with Crippen molar-refractivity contribution < 1.29 is 14.3 Å². The molecule has 4 N–H and O–H groups in total. The van der Waals surface area contributed by atoms with Crippen molar-refractivity contribution in [3.63, 3.8) is 0 Å². The van der Waals surface area contributed by atoms with Gasteiger partial charge in [-0.3, -0.25) is 14.5 Å². The molecule has 3 fully saturated rings. The molecule has 3 aliphatic heterocycles. The monoisotopic (exact) mass is 505 g/mol. The highest BCUT2D eigenvalue weighted by molar-refractivity contribution is 6.33. The van der Waals surface area contributed by atoms with Crippen LogP contribution in [0.25, 0.3) is 0 Å². The van der Waals surface area contributed by atoms with Gasteiger partial charge in [0, 0.05) is 38.3 Å². The van der Waals surface area contributed by atoms with Crippen LogP contribution in [-0.2, 0) is 4.79 Å². The normalized spacial score (nSPS) is 21.8. The summed E-state index contributed by atoms with van der Waals surface area (Å²) in [6, 6.07) is 3.13. The number of likely N-dealkylation sites (tertiary alicyclic amines) is 2. The molecule has 2 amide bonds. The predicted molar refractivity (Wildman–Crippen MR) is 139 cm³/mol. The minimum absolute atomic E-state index is 0.0433. The van der Waals surface area contributed by atoms with Gasteiger partial charge in [-0.1, -0.05) is 24.4 Å². The Morgan fingerprint density at radius 2 is 1.71 bits per heavy atom. The highest BCUT2D eigenvalue weighted by atomic mass is 35.5. The SMILES string of the molecule is COc1cc(N)c(Cl)cc1C(=O)NC1CCN(C(C(=O)N2CCCCCC2)C2CCNCC2)CC1. The fraction of sp³-hybridized carbons (Fsp3) is 0.692. The van der Waals surface area contributed by atoms with E-state index < -0.39 is 0 Å². The van der Waals surface area contributed by atoms with E-state index in [9.17, 15) is 9.59 Å². The number of benzene rings is 1. The van der Waals surface area contributed by atoms with E-state index in [1.54, 1.807) is 12.1 Å². The fourth-order valence-electron chi connectivity index (χ4n) is 5.79. The van der Waals surface area contributed by atoms with Crippen LogP contribution >= 0.6 is 11.6 Å². The summed E-state index contributed by atoms with van der Waals surface area (Å²) in [7, 11) is 1.51. The molecule has 35 heavy (non-hydrogen) atoms. The maximum absolute atomic E-state index is 13.8. The lowest BCUT2D eigenvalue weighted by Gasteiger charge is -2.43. The second-order valence-electron chi connectivity index (χ2n) is 10.1. The molecule has 3 saturated heterocycles. The molecule has 0 bridgehead atoms. The number of methoxy groups -OCH3 is 1. The molecule has 0 saturated carbocycles. The lowest BCUT2D eigenvalue weighted by atomic mass is 9.86. The predicted octanol–water partition coefficient (Wildman–Crippen LogP) is 2.90. The molecule has 4 rings (SSSR count). The Morgan fingerprint density at radius 1 is 1.06 bits per heavy atom.